The monoisotopic (exact) mass is 339 g/mol. The third-order valence-electron chi connectivity index (χ3n) is 3.84. The second-order valence-electron chi connectivity index (χ2n) is 6.22. The van der Waals surface area contributed by atoms with Crippen molar-refractivity contribution in [3.63, 3.8) is 0 Å². The fraction of sp³-hybridized carbons (Fsp3) is 0.222. The first-order valence-electron chi connectivity index (χ1n) is 7.46. The van der Waals surface area contributed by atoms with Crippen molar-refractivity contribution in [3.8, 4) is 11.8 Å². The zero-order valence-corrected chi connectivity index (χ0v) is 14.0. The maximum Gasteiger partial charge on any atom is 0.274 e. The Morgan fingerprint density at radius 3 is 2.56 bits per heavy atom. The molecule has 128 valence electrons. The summed E-state index contributed by atoms with van der Waals surface area (Å²) in [7, 11) is 0. The maximum atomic E-state index is 12.4. The van der Waals surface area contributed by atoms with E-state index in [0.29, 0.717) is 11.1 Å². The van der Waals surface area contributed by atoms with Crippen molar-refractivity contribution in [2.45, 2.75) is 26.2 Å². The highest BCUT2D eigenvalue weighted by molar-refractivity contribution is 6.04. The molecule has 0 aromatic heterocycles. The van der Waals surface area contributed by atoms with Gasteiger partial charge in [-0.3, -0.25) is 14.9 Å². The summed E-state index contributed by atoms with van der Waals surface area (Å²) >= 11 is 0. The Kier molecular flexibility index (Phi) is 4.75. The highest BCUT2D eigenvalue weighted by Crippen LogP contribution is 2.28. The van der Waals surface area contributed by atoms with E-state index in [2.05, 4.69) is 11.4 Å². The van der Waals surface area contributed by atoms with Gasteiger partial charge in [-0.15, -0.1) is 0 Å². The average molecular weight is 339 g/mol. The largest absolute Gasteiger partial charge is 0.508 e. The molecule has 2 rings (SSSR count). The van der Waals surface area contributed by atoms with Crippen LogP contribution in [0.15, 0.2) is 36.4 Å². The van der Waals surface area contributed by atoms with E-state index in [-0.39, 0.29) is 22.7 Å². The van der Waals surface area contributed by atoms with Gasteiger partial charge in [0.1, 0.15) is 5.75 Å². The molecule has 2 aromatic carbocycles. The van der Waals surface area contributed by atoms with Crippen molar-refractivity contribution in [2.24, 2.45) is 0 Å². The number of rotatable bonds is 4. The molecule has 0 saturated heterocycles. The van der Waals surface area contributed by atoms with Gasteiger partial charge in [-0.1, -0.05) is 6.07 Å². The molecule has 0 radical (unpaired) electrons. The van der Waals surface area contributed by atoms with Crippen molar-refractivity contribution >= 4 is 17.3 Å². The highest BCUT2D eigenvalue weighted by Gasteiger charge is 2.22. The van der Waals surface area contributed by atoms with E-state index in [1.807, 2.05) is 0 Å². The molecular weight excluding hydrogens is 322 g/mol. The molecule has 0 fully saturated rings. The average Bonchev–Trinajstić information content (AvgIpc) is 2.55. The number of amides is 1. The molecule has 1 amide bonds. The predicted octanol–water partition coefficient (Wildman–Crippen LogP) is 3.66. The first-order chi connectivity index (χ1) is 11.6. The summed E-state index contributed by atoms with van der Waals surface area (Å²) in [5.41, 5.74) is 0.429. The van der Waals surface area contributed by atoms with Crippen LogP contribution in [0.3, 0.4) is 0 Å². The summed E-state index contributed by atoms with van der Waals surface area (Å²) in [5, 5.41) is 32.6. The molecule has 0 atom stereocenters. The van der Waals surface area contributed by atoms with Gasteiger partial charge in [0.05, 0.1) is 16.4 Å². The summed E-state index contributed by atoms with van der Waals surface area (Å²) < 4.78 is 0. The number of benzene rings is 2. The fourth-order valence-electron chi connectivity index (χ4n) is 2.25. The lowest BCUT2D eigenvalue weighted by atomic mass is 9.85. The van der Waals surface area contributed by atoms with Crippen LogP contribution in [-0.4, -0.2) is 15.9 Å². The van der Waals surface area contributed by atoms with Crippen LogP contribution >= 0.6 is 0 Å². The minimum Gasteiger partial charge on any atom is -0.508 e. The molecule has 0 spiro atoms. The van der Waals surface area contributed by atoms with Gasteiger partial charge < -0.3 is 10.4 Å². The Labute approximate surface area is 144 Å². The van der Waals surface area contributed by atoms with Crippen molar-refractivity contribution in [2.75, 3.05) is 5.32 Å². The fourth-order valence-corrected chi connectivity index (χ4v) is 2.25. The van der Waals surface area contributed by atoms with Gasteiger partial charge in [0.2, 0.25) is 0 Å². The number of nitro benzene ring substituents is 1. The van der Waals surface area contributed by atoms with Crippen LogP contribution in [0, 0.1) is 28.4 Å². The van der Waals surface area contributed by atoms with E-state index < -0.39 is 16.2 Å². The van der Waals surface area contributed by atoms with Crippen LogP contribution in [0.4, 0.5) is 11.4 Å². The summed E-state index contributed by atoms with van der Waals surface area (Å²) in [4.78, 5) is 22.9. The third-order valence-corrected chi connectivity index (χ3v) is 3.84. The molecule has 25 heavy (non-hydrogen) atoms. The molecule has 2 aromatic rings. The van der Waals surface area contributed by atoms with Gasteiger partial charge in [0, 0.05) is 22.9 Å². The lowest BCUT2D eigenvalue weighted by Gasteiger charge is -2.17. The van der Waals surface area contributed by atoms with Crippen molar-refractivity contribution < 1.29 is 14.8 Å². The van der Waals surface area contributed by atoms with Gasteiger partial charge >= 0.3 is 0 Å². The maximum absolute atomic E-state index is 12.4. The number of aryl methyl sites for hydroxylation is 1. The molecule has 0 aliphatic carbocycles. The van der Waals surface area contributed by atoms with Crippen LogP contribution in [0.1, 0.15) is 35.3 Å². The molecule has 2 N–H and O–H groups in total. The third kappa shape index (κ3) is 3.93. The number of nitriles is 1. The Morgan fingerprint density at radius 2 is 1.96 bits per heavy atom. The number of nitro groups is 1. The SMILES string of the molecule is Cc1ccc(NC(=O)c2cc(O)cc(C(C)(C)C#N)c2)cc1[N+](=O)[O-]. The standard InChI is InChI=1S/C18H17N3O4/c1-11-4-5-14(9-16(11)21(24)25)20-17(23)12-6-13(8-15(22)7-12)18(2,3)10-19/h4-9,22H,1-3H3,(H,20,23). The van der Waals surface area contributed by atoms with E-state index >= 15 is 0 Å². The van der Waals surface area contributed by atoms with Gasteiger partial charge in [0.25, 0.3) is 11.6 Å². The Bertz CT molecular complexity index is 898. The summed E-state index contributed by atoms with van der Waals surface area (Å²) in [6.07, 6.45) is 0. The zero-order chi connectivity index (χ0) is 18.8. The smallest absolute Gasteiger partial charge is 0.274 e. The number of carbonyl (C=O) groups excluding carboxylic acids is 1. The zero-order valence-electron chi connectivity index (χ0n) is 14.0. The number of anilines is 1. The number of hydrogen-bond donors (Lipinski definition) is 2. The number of nitrogens with zero attached hydrogens (tertiary/aromatic N) is 2. The molecule has 7 nitrogen and oxygen atoms in total. The van der Waals surface area contributed by atoms with Crippen LogP contribution in [0.5, 0.6) is 5.75 Å². The lowest BCUT2D eigenvalue weighted by Crippen LogP contribution is -2.17. The molecule has 0 unspecified atom stereocenters. The van der Waals surface area contributed by atoms with Crippen molar-refractivity contribution in [1.29, 1.82) is 5.26 Å². The Balaban J connectivity index is 2.35. The first kappa shape index (κ1) is 17.9. The van der Waals surface area contributed by atoms with Crippen LogP contribution in [0.25, 0.3) is 0 Å². The minimum atomic E-state index is -0.879. The summed E-state index contributed by atoms with van der Waals surface area (Å²) in [6, 6.07) is 10.7. The molecule has 0 aliphatic rings. The topological polar surface area (TPSA) is 116 Å². The minimum absolute atomic E-state index is 0.0972. The second-order valence-corrected chi connectivity index (χ2v) is 6.22. The number of carbonyl (C=O) groups is 1. The van der Waals surface area contributed by atoms with Crippen LogP contribution < -0.4 is 5.32 Å². The number of phenols is 1. The normalized spacial score (nSPS) is 10.8. The van der Waals surface area contributed by atoms with Crippen molar-refractivity contribution in [1.82, 2.24) is 0 Å². The molecule has 0 bridgehead atoms. The lowest BCUT2D eigenvalue weighted by molar-refractivity contribution is -0.385. The van der Waals surface area contributed by atoms with Crippen LogP contribution in [0.2, 0.25) is 0 Å². The molecule has 7 heteroatoms. The first-order valence-corrected chi connectivity index (χ1v) is 7.46. The number of phenolic OH excluding ortho intramolecular Hbond substituents is 1. The number of aromatic hydroxyl groups is 1. The van der Waals surface area contributed by atoms with E-state index in [4.69, 9.17) is 0 Å². The Hall–Kier alpha value is -3.40. The van der Waals surface area contributed by atoms with E-state index in [1.54, 1.807) is 32.9 Å². The Morgan fingerprint density at radius 1 is 1.28 bits per heavy atom. The van der Waals surface area contributed by atoms with Gasteiger partial charge in [-0.2, -0.15) is 5.26 Å². The molecule has 0 saturated carbocycles. The van der Waals surface area contributed by atoms with Crippen molar-refractivity contribution in [3.05, 3.63) is 63.2 Å². The highest BCUT2D eigenvalue weighted by atomic mass is 16.6. The van der Waals surface area contributed by atoms with E-state index in [9.17, 15) is 25.3 Å². The second kappa shape index (κ2) is 6.61. The number of hydrogen-bond acceptors (Lipinski definition) is 5. The predicted molar refractivity (Wildman–Crippen MR) is 92.5 cm³/mol. The number of nitrogens with one attached hydrogen (secondary N) is 1. The molecule has 0 aliphatic heterocycles. The van der Waals surface area contributed by atoms with E-state index in [0.717, 1.165) is 0 Å². The molecule has 0 heterocycles. The van der Waals surface area contributed by atoms with Gasteiger partial charge in [-0.05, 0) is 50.6 Å². The van der Waals surface area contributed by atoms with E-state index in [1.165, 1.54) is 24.3 Å². The van der Waals surface area contributed by atoms with Crippen LogP contribution in [-0.2, 0) is 5.41 Å². The van der Waals surface area contributed by atoms with Gasteiger partial charge in [0.15, 0.2) is 0 Å². The molecular formula is C18H17N3O4. The van der Waals surface area contributed by atoms with Gasteiger partial charge in [-0.25, -0.2) is 0 Å². The summed E-state index contributed by atoms with van der Waals surface area (Å²) in [6.45, 7) is 4.95. The quantitative estimate of drug-likeness (QED) is 0.651. The summed E-state index contributed by atoms with van der Waals surface area (Å²) in [5.74, 6) is -0.676.